The minimum atomic E-state index is -0.662. The Labute approximate surface area is 165 Å². The summed E-state index contributed by atoms with van der Waals surface area (Å²) in [6.07, 6.45) is 1.45. The molecule has 0 radical (unpaired) electrons. The third kappa shape index (κ3) is 5.44. The molecular weight excluding hydrogens is 420 g/mol. The van der Waals surface area contributed by atoms with Crippen LogP contribution in [0.15, 0.2) is 15.8 Å². The van der Waals surface area contributed by atoms with Crippen LogP contribution in [0.3, 0.4) is 0 Å². The number of halogens is 1. The first-order valence-corrected chi connectivity index (χ1v) is 9.78. The van der Waals surface area contributed by atoms with Gasteiger partial charge in [-0.25, -0.2) is 9.59 Å². The minimum absolute atomic E-state index is 0.161. The summed E-state index contributed by atoms with van der Waals surface area (Å²) in [5.74, 6) is -0.195. The number of aromatic amines is 1. The highest BCUT2D eigenvalue weighted by molar-refractivity contribution is 9.09. The molecule has 10 heteroatoms. The first-order chi connectivity index (χ1) is 12.5. The smallest absolute Gasteiger partial charge is 0.410 e. The van der Waals surface area contributed by atoms with Crippen LogP contribution < -0.4 is 16.6 Å². The van der Waals surface area contributed by atoms with Gasteiger partial charge in [-0.1, -0.05) is 15.9 Å². The topological polar surface area (TPSA) is 114 Å². The quantitative estimate of drug-likeness (QED) is 0.669. The Bertz CT molecular complexity index is 826. The van der Waals surface area contributed by atoms with Crippen LogP contribution in [-0.2, 0) is 9.53 Å². The number of alkyl halides is 1. The number of carbonyl (C=O) groups excluding carboxylic acids is 2. The lowest BCUT2D eigenvalue weighted by Crippen LogP contribution is -2.45. The lowest BCUT2D eigenvalue weighted by Gasteiger charge is -2.28. The van der Waals surface area contributed by atoms with Gasteiger partial charge in [0, 0.05) is 24.8 Å². The Morgan fingerprint density at radius 3 is 2.63 bits per heavy atom. The number of rotatable bonds is 4. The van der Waals surface area contributed by atoms with E-state index in [2.05, 4.69) is 26.2 Å². The molecule has 1 aliphatic heterocycles. The van der Waals surface area contributed by atoms with Crippen molar-refractivity contribution in [1.29, 1.82) is 0 Å². The molecule has 0 aromatic carbocycles. The predicted octanol–water partition coefficient (Wildman–Crippen LogP) is 0.907. The van der Waals surface area contributed by atoms with E-state index in [0.717, 1.165) is 0 Å². The van der Waals surface area contributed by atoms with Gasteiger partial charge in [-0.2, -0.15) is 0 Å². The van der Waals surface area contributed by atoms with Crippen LogP contribution in [0.1, 0.15) is 38.8 Å². The second kappa shape index (κ2) is 8.28. The van der Waals surface area contributed by atoms with Crippen molar-refractivity contribution in [2.24, 2.45) is 0 Å². The molecule has 2 heterocycles. The minimum Gasteiger partial charge on any atom is -0.444 e. The van der Waals surface area contributed by atoms with Crippen LogP contribution in [0.25, 0.3) is 0 Å². The molecule has 0 saturated carbocycles. The summed E-state index contributed by atoms with van der Waals surface area (Å²) in [7, 11) is 0. The number of hydrogen-bond donors (Lipinski definition) is 2. The molecule has 2 rings (SSSR count). The van der Waals surface area contributed by atoms with Crippen LogP contribution >= 0.6 is 15.9 Å². The van der Waals surface area contributed by atoms with Crippen LogP contribution in [0, 0.1) is 6.92 Å². The number of hydrogen-bond acceptors (Lipinski definition) is 5. The lowest BCUT2D eigenvalue weighted by atomic mass is 10.1. The molecule has 2 atom stereocenters. The zero-order valence-electron chi connectivity index (χ0n) is 15.9. The van der Waals surface area contributed by atoms with Gasteiger partial charge in [-0.15, -0.1) is 0 Å². The molecule has 1 aromatic rings. The van der Waals surface area contributed by atoms with Crippen LogP contribution in [0.4, 0.5) is 4.79 Å². The van der Waals surface area contributed by atoms with Gasteiger partial charge in [0.2, 0.25) is 5.91 Å². The van der Waals surface area contributed by atoms with Crippen molar-refractivity contribution in [1.82, 2.24) is 19.8 Å². The fourth-order valence-electron chi connectivity index (χ4n) is 2.97. The standard InChI is InChI=1S/C17H25BrN4O5/c1-10-8-21(15(25)20-14(10)24)12-5-11(7-19-13(23)6-18)22(9-12)16(26)27-17(2,3)4/h8,11-12H,5-7,9H2,1-4H3,(H,19,23)(H,20,24,25)/t11-,12-/m1/s1. The van der Waals surface area contributed by atoms with Crippen molar-refractivity contribution in [2.45, 2.75) is 51.8 Å². The number of amides is 2. The highest BCUT2D eigenvalue weighted by Crippen LogP contribution is 2.28. The Kier molecular flexibility index (Phi) is 6.50. The summed E-state index contributed by atoms with van der Waals surface area (Å²) in [6, 6.07) is -0.654. The van der Waals surface area contributed by atoms with Crippen LogP contribution in [-0.4, -0.2) is 56.5 Å². The first-order valence-electron chi connectivity index (χ1n) is 8.66. The Balaban J connectivity index is 2.26. The molecule has 9 nitrogen and oxygen atoms in total. The normalized spacial score (nSPS) is 19.8. The van der Waals surface area contributed by atoms with Crippen molar-refractivity contribution in [3.63, 3.8) is 0 Å². The number of nitrogens with zero attached hydrogens (tertiary/aromatic N) is 2. The van der Waals surface area contributed by atoms with Gasteiger partial charge < -0.3 is 15.0 Å². The van der Waals surface area contributed by atoms with Crippen molar-refractivity contribution >= 4 is 27.9 Å². The van der Waals surface area contributed by atoms with Gasteiger partial charge in [0.05, 0.1) is 17.4 Å². The largest absolute Gasteiger partial charge is 0.444 e. The third-order valence-electron chi connectivity index (χ3n) is 4.22. The number of likely N-dealkylation sites (tertiary alicyclic amines) is 1. The fraction of sp³-hybridized carbons (Fsp3) is 0.647. The molecular formula is C17H25BrN4O5. The predicted molar refractivity (Wildman–Crippen MR) is 103 cm³/mol. The number of H-pyrrole nitrogens is 1. The number of aryl methyl sites for hydroxylation is 1. The molecule has 2 amide bonds. The highest BCUT2D eigenvalue weighted by Gasteiger charge is 2.38. The Morgan fingerprint density at radius 2 is 2.04 bits per heavy atom. The fourth-order valence-corrected chi connectivity index (χ4v) is 3.17. The van der Waals surface area contributed by atoms with Crippen molar-refractivity contribution < 1.29 is 14.3 Å². The van der Waals surface area contributed by atoms with E-state index in [1.165, 1.54) is 15.7 Å². The van der Waals surface area contributed by atoms with E-state index < -0.39 is 22.9 Å². The Morgan fingerprint density at radius 1 is 1.37 bits per heavy atom. The first kappa shape index (κ1) is 21.2. The molecule has 0 spiro atoms. The molecule has 1 aromatic heterocycles. The summed E-state index contributed by atoms with van der Waals surface area (Å²) in [5, 5.41) is 2.91. The second-order valence-corrected chi connectivity index (χ2v) is 8.15. The van der Waals surface area contributed by atoms with Gasteiger partial charge in [0.15, 0.2) is 0 Å². The average molecular weight is 445 g/mol. The third-order valence-corrected chi connectivity index (χ3v) is 4.73. The molecule has 2 N–H and O–H groups in total. The van der Waals surface area contributed by atoms with E-state index >= 15 is 0 Å². The lowest BCUT2D eigenvalue weighted by molar-refractivity contribution is -0.118. The van der Waals surface area contributed by atoms with Crippen molar-refractivity contribution in [3.8, 4) is 0 Å². The van der Waals surface area contributed by atoms with Crippen molar-refractivity contribution in [2.75, 3.05) is 18.4 Å². The van der Waals surface area contributed by atoms with Crippen LogP contribution in [0.2, 0.25) is 0 Å². The zero-order chi connectivity index (χ0) is 20.4. The average Bonchev–Trinajstić information content (AvgIpc) is 2.98. The van der Waals surface area contributed by atoms with E-state index in [9.17, 15) is 19.2 Å². The molecule has 1 aliphatic rings. The SMILES string of the molecule is Cc1cn([C@@H]2C[C@H](CNC(=O)CBr)N(C(=O)OC(C)(C)C)C2)c(=O)[nH]c1=O. The highest BCUT2D eigenvalue weighted by atomic mass is 79.9. The Hall–Kier alpha value is -2.10. The summed E-state index contributed by atoms with van der Waals surface area (Å²) >= 11 is 3.08. The molecule has 0 bridgehead atoms. The van der Waals surface area contributed by atoms with E-state index in [1.807, 2.05) is 0 Å². The molecule has 1 fully saturated rings. The number of nitrogens with one attached hydrogen (secondary N) is 2. The monoisotopic (exact) mass is 444 g/mol. The van der Waals surface area contributed by atoms with Gasteiger partial charge in [-0.05, 0) is 34.1 Å². The molecule has 0 aliphatic carbocycles. The van der Waals surface area contributed by atoms with Crippen LogP contribution in [0.5, 0.6) is 0 Å². The molecule has 27 heavy (non-hydrogen) atoms. The summed E-state index contributed by atoms with van der Waals surface area (Å²) in [6.45, 7) is 7.43. The van der Waals surface area contributed by atoms with Gasteiger partial charge in [0.1, 0.15) is 5.60 Å². The number of ether oxygens (including phenoxy) is 1. The van der Waals surface area contributed by atoms with E-state index in [-0.39, 0.29) is 36.4 Å². The molecule has 1 saturated heterocycles. The summed E-state index contributed by atoms with van der Waals surface area (Å²) < 4.78 is 6.89. The van der Waals surface area contributed by atoms with E-state index in [4.69, 9.17) is 4.74 Å². The van der Waals surface area contributed by atoms with Crippen molar-refractivity contribution in [3.05, 3.63) is 32.6 Å². The summed E-state index contributed by atoms with van der Waals surface area (Å²) in [4.78, 5) is 51.8. The molecule has 150 valence electrons. The maximum Gasteiger partial charge on any atom is 0.410 e. The second-order valence-electron chi connectivity index (χ2n) is 7.59. The number of aromatic nitrogens is 2. The van der Waals surface area contributed by atoms with E-state index in [0.29, 0.717) is 12.0 Å². The molecule has 0 unspecified atom stereocenters. The van der Waals surface area contributed by atoms with E-state index in [1.54, 1.807) is 27.7 Å². The summed E-state index contributed by atoms with van der Waals surface area (Å²) in [5.41, 5.74) is -1.21. The number of carbonyl (C=O) groups is 2. The maximum absolute atomic E-state index is 12.6. The van der Waals surface area contributed by atoms with Gasteiger partial charge in [0.25, 0.3) is 5.56 Å². The zero-order valence-corrected chi connectivity index (χ0v) is 17.5. The maximum atomic E-state index is 12.6. The van der Waals surface area contributed by atoms with Gasteiger partial charge in [-0.3, -0.25) is 19.1 Å². The van der Waals surface area contributed by atoms with Gasteiger partial charge >= 0.3 is 11.8 Å².